The fourth-order valence-corrected chi connectivity index (χ4v) is 1.84. The zero-order valence-electron chi connectivity index (χ0n) is 11.6. The van der Waals surface area contributed by atoms with Crippen LogP contribution >= 0.6 is 0 Å². The summed E-state index contributed by atoms with van der Waals surface area (Å²) in [7, 11) is 0. The number of carbonyl (C=O) groups excluding carboxylic acids is 2. The number of alkyl carbamates (subject to hydrolysis) is 1. The quantitative estimate of drug-likeness (QED) is 0.917. The SMILES string of the molecule is O=C(CCc1ccccc1)NC(=O)OCc1ccccc1. The van der Waals surface area contributed by atoms with E-state index in [4.69, 9.17) is 4.74 Å². The number of imide groups is 1. The standard InChI is InChI=1S/C17H17NO3/c19-16(12-11-14-7-3-1-4-8-14)18-17(20)21-13-15-9-5-2-6-10-15/h1-10H,11-13H2,(H,18,19,20). The lowest BCUT2D eigenvalue weighted by Gasteiger charge is -2.06. The minimum atomic E-state index is -0.711. The number of benzene rings is 2. The molecule has 108 valence electrons. The van der Waals surface area contributed by atoms with Crippen molar-refractivity contribution < 1.29 is 14.3 Å². The van der Waals surface area contributed by atoms with Gasteiger partial charge in [-0.2, -0.15) is 0 Å². The molecular weight excluding hydrogens is 266 g/mol. The van der Waals surface area contributed by atoms with Crippen molar-refractivity contribution in [3.8, 4) is 0 Å². The lowest BCUT2D eigenvalue weighted by Crippen LogP contribution is -2.31. The number of aryl methyl sites for hydroxylation is 1. The molecule has 0 unspecified atom stereocenters. The van der Waals surface area contributed by atoms with Crippen LogP contribution in [0.4, 0.5) is 4.79 Å². The van der Waals surface area contributed by atoms with Gasteiger partial charge >= 0.3 is 6.09 Å². The zero-order chi connectivity index (χ0) is 14.9. The lowest BCUT2D eigenvalue weighted by atomic mass is 10.1. The molecule has 0 radical (unpaired) electrons. The average Bonchev–Trinajstić information content (AvgIpc) is 2.53. The summed E-state index contributed by atoms with van der Waals surface area (Å²) >= 11 is 0. The van der Waals surface area contributed by atoms with E-state index in [0.29, 0.717) is 6.42 Å². The predicted octanol–water partition coefficient (Wildman–Crippen LogP) is 3.07. The maximum absolute atomic E-state index is 11.6. The van der Waals surface area contributed by atoms with Gasteiger partial charge in [0.05, 0.1) is 0 Å². The highest BCUT2D eigenvalue weighted by molar-refractivity contribution is 5.91. The number of rotatable bonds is 5. The minimum Gasteiger partial charge on any atom is -0.444 e. The van der Waals surface area contributed by atoms with E-state index in [2.05, 4.69) is 5.32 Å². The van der Waals surface area contributed by atoms with Crippen molar-refractivity contribution in [1.29, 1.82) is 0 Å². The molecule has 0 saturated carbocycles. The molecule has 2 rings (SSSR count). The Morgan fingerprint density at radius 2 is 1.43 bits per heavy atom. The molecule has 2 aromatic carbocycles. The molecule has 0 heterocycles. The van der Waals surface area contributed by atoms with Gasteiger partial charge in [-0.1, -0.05) is 60.7 Å². The molecule has 4 nitrogen and oxygen atoms in total. The molecule has 0 bridgehead atoms. The predicted molar refractivity (Wildman–Crippen MR) is 79.5 cm³/mol. The van der Waals surface area contributed by atoms with E-state index in [1.807, 2.05) is 60.7 Å². The molecular formula is C17H17NO3. The minimum absolute atomic E-state index is 0.151. The van der Waals surface area contributed by atoms with E-state index in [0.717, 1.165) is 11.1 Å². The summed E-state index contributed by atoms with van der Waals surface area (Å²) in [6.07, 6.45) is 0.139. The van der Waals surface area contributed by atoms with Crippen LogP contribution in [0.2, 0.25) is 0 Å². The Balaban J connectivity index is 1.69. The third-order valence-electron chi connectivity index (χ3n) is 2.94. The van der Waals surface area contributed by atoms with Crippen LogP contribution < -0.4 is 5.32 Å². The molecule has 21 heavy (non-hydrogen) atoms. The molecule has 0 aliphatic rings. The Labute approximate surface area is 123 Å². The van der Waals surface area contributed by atoms with Crippen molar-refractivity contribution in [2.45, 2.75) is 19.4 Å². The summed E-state index contributed by atoms with van der Waals surface area (Å²) in [6, 6.07) is 19.0. The first-order valence-corrected chi connectivity index (χ1v) is 6.78. The smallest absolute Gasteiger partial charge is 0.414 e. The monoisotopic (exact) mass is 283 g/mol. The van der Waals surface area contributed by atoms with Crippen LogP contribution in [0.15, 0.2) is 60.7 Å². The van der Waals surface area contributed by atoms with Crippen LogP contribution in [0.25, 0.3) is 0 Å². The third-order valence-corrected chi connectivity index (χ3v) is 2.94. The molecule has 1 N–H and O–H groups in total. The van der Waals surface area contributed by atoms with Crippen molar-refractivity contribution in [3.63, 3.8) is 0 Å². The first-order chi connectivity index (χ1) is 10.2. The summed E-state index contributed by atoms with van der Waals surface area (Å²) in [4.78, 5) is 23.1. The van der Waals surface area contributed by atoms with Crippen molar-refractivity contribution >= 4 is 12.0 Å². The second-order valence-corrected chi connectivity index (χ2v) is 4.60. The van der Waals surface area contributed by atoms with Gasteiger partial charge < -0.3 is 4.74 Å². The Morgan fingerprint density at radius 3 is 2.05 bits per heavy atom. The van der Waals surface area contributed by atoms with E-state index < -0.39 is 6.09 Å². The molecule has 0 aliphatic carbocycles. The molecule has 0 atom stereocenters. The van der Waals surface area contributed by atoms with Crippen molar-refractivity contribution in [2.24, 2.45) is 0 Å². The number of hydrogen-bond acceptors (Lipinski definition) is 3. The van der Waals surface area contributed by atoms with E-state index >= 15 is 0 Å². The molecule has 0 aliphatic heterocycles. The maximum atomic E-state index is 11.6. The van der Waals surface area contributed by atoms with Crippen LogP contribution in [0.3, 0.4) is 0 Å². The average molecular weight is 283 g/mol. The van der Waals surface area contributed by atoms with Gasteiger partial charge in [-0.25, -0.2) is 4.79 Å². The summed E-state index contributed by atoms with van der Waals surface area (Å²) in [5, 5.41) is 2.22. The number of amides is 2. The van der Waals surface area contributed by atoms with Gasteiger partial charge in [0.1, 0.15) is 6.61 Å². The highest BCUT2D eigenvalue weighted by Gasteiger charge is 2.09. The Kier molecular flexibility index (Phi) is 5.52. The highest BCUT2D eigenvalue weighted by Crippen LogP contribution is 2.03. The Bertz CT molecular complexity index is 528. The summed E-state index contributed by atoms with van der Waals surface area (Å²) < 4.78 is 4.98. The number of hydrogen-bond donors (Lipinski definition) is 1. The fraction of sp³-hybridized carbons (Fsp3) is 0.176. The van der Waals surface area contributed by atoms with Gasteiger partial charge in [-0.05, 0) is 17.5 Å². The lowest BCUT2D eigenvalue weighted by molar-refractivity contribution is -0.120. The van der Waals surface area contributed by atoms with Crippen molar-refractivity contribution in [1.82, 2.24) is 5.32 Å². The van der Waals surface area contributed by atoms with Crippen LogP contribution in [0.5, 0.6) is 0 Å². The maximum Gasteiger partial charge on any atom is 0.414 e. The van der Waals surface area contributed by atoms with Crippen LogP contribution in [-0.4, -0.2) is 12.0 Å². The van der Waals surface area contributed by atoms with E-state index in [-0.39, 0.29) is 18.9 Å². The van der Waals surface area contributed by atoms with Crippen LogP contribution in [0.1, 0.15) is 17.5 Å². The molecule has 0 spiro atoms. The molecule has 2 aromatic rings. The van der Waals surface area contributed by atoms with Gasteiger partial charge in [0.25, 0.3) is 0 Å². The van der Waals surface area contributed by atoms with E-state index in [1.54, 1.807) is 0 Å². The summed E-state index contributed by atoms with van der Waals surface area (Å²) in [5.74, 6) is -0.336. The Morgan fingerprint density at radius 1 is 0.857 bits per heavy atom. The molecule has 0 saturated heterocycles. The highest BCUT2D eigenvalue weighted by atomic mass is 16.5. The van der Waals surface area contributed by atoms with Gasteiger partial charge in [0.15, 0.2) is 0 Å². The molecule has 2 amide bonds. The Hall–Kier alpha value is -2.62. The molecule has 4 heteroatoms. The van der Waals surface area contributed by atoms with Gasteiger partial charge in [0, 0.05) is 6.42 Å². The van der Waals surface area contributed by atoms with Crippen LogP contribution in [0, 0.1) is 0 Å². The molecule has 0 aromatic heterocycles. The van der Waals surface area contributed by atoms with Gasteiger partial charge in [0.2, 0.25) is 5.91 Å². The van der Waals surface area contributed by atoms with E-state index in [9.17, 15) is 9.59 Å². The van der Waals surface area contributed by atoms with Crippen molar-refractivity contribution in [3.05, 3.63) is 71.8 Å². The van der Waals surface area contributed by atoms with Crippen molar-refractivity contribution in [2.75, 3.05) is 0 Å². The fourth-order valence-electron chi connectivity index (χ4n) is 1.84. The zero-order valence-corrected chi connectivity index (χ0v) is 11.6. The third kappa shape index (κ3) is 5.48. The second kappa shape index (κ2) is 7.85. The largest absolute Gasteiger partial charge is 0.444 e. The number of ether oxygens (including phenoxy) is 1. The normalized spacial score (nSPS) is 9.90. The second-order valence-electron chi connectivity index (χ2n) is 4.60. The van der Waals surface area contributed by atoms with E-state index in [1.165, 1.54) is 0 Å². The van der Waals surface area contributed by atoms with Gasteiger partial charge in [-0.15, -0.1) is 0 Å². The van der Waals surface area contributed by atoms with Crippen LogP contribution in [-0.2, 0) is 22.6 Å². The first-order valence-electron chi connectivity index (χ1n) is 6.78. The molecule has 0 fully saturated rings. The van der Waals surface area contributed by atoms with Gasteiger partial charge in [-0.3, -0.25) is 10.1 Å². The first kappa shape index (κ1) is 14.8. The number of nitrogens with one attached hydrogen (secondary N) is 1. The number of carbonyl (C=O) groups is 2. The summed E-state index contributed by atoms with van der Waals surface area (Å²) in [6.45, 7) is 0.151. The topological polar surface area (TPSA) is 55.4 Å². The summed E-state index contributed by atoms with van der Waals surface area (Å²) in [5.41, 5.74) is 1.94.